The Morgan fingerprint density at radius 1 is 1.27 bits per heavy atom. The molecule has 0 fully saturated rings. The van der Waals surface area contributed by atoms with Gasteiger partial charge in [-0.1, -0.05) is 0 Å². The Kier molecular flexibility index (Phi) is 3.97. The van der Waals surface area contributed by atoms with Crippen molar-refractivity contribution in [3.05, 3.63) is 58.4 Å². The minimum atomic E-state index is -0.0457. The summed E-state index contributed by atoms with van der Waals surface area (Å²) in [7, 11) is 1.80. The van der Waals surface area contributed by atoms with Crippen LogP contribution in [0.5, 0.6) is 0 Å². The van der Waals surface area contributed by atoms with E-state index < -0.39 is 0 Å². The lowest BCUT2D eigenvalue weighted by molar-refractivity contribution is 0.0786. The van der Waals surface area contributed by atoms with Crippen LogP contribution in [0.3, 0.4) is 0 Å². The second kappa shape index (κ2) is 6.07. The third-order valence-corrected chi connectivity index (χ3v) is 4.38. The predicted molar refractivity (Wildman–Crippen MR) is 84.0 cm³/mol. The minimum absolute atomic E-state index is 0.0457. The summed E-state index contributed by atoms with van der Waals surface area (Å²) in [6.45, 7) is 2.66. The normalized spacial score (nSPS) is 10.6. The number of amides is 1. The summed E-state index contributed by atoms with van der Waals surface area (Å²) in [6, 6.07) is 5.61. The van der Waals surface area contributed by atoms with Gasteiger partial charge in [0, 0.05) is 18.1 Å². The van der Waals surface area contributed by atoms with E-state index in [4.69, 9.17) is 0 Å². The van der Waals surface area contributed by atoms with Gasteiger partial charge in [0.25, 0.3) is 5.91 Å². The average Bonchev–Trinajstić information content (AvgIpc) is 3.19. The highest BCUT2D eigenvalue weighted by Gasteiger charge is 2.14. The number of pyridine rings is 1. The molecule has 0 aliphatic carbocycles. The molecule has 0 unspecified atom stereocenters. The van der Waals surface area contributed by atoms with Gasteiger partial charge in [0.05, 0.1) is 12.1 Å². The molecule has 3 heterocycles. The van der Waals surface area contributed by atoms with Gasteiger partial charge >= 0.3 is 0 Å². The van der Waals surface area contributed by atoms with E-state index in [-0.39, 0.29) is 5.91 Å². The first kappa shape index (κ1) is 14.4. The first-order valence-electron chi connectivity index (χ1n) is 6.74. The average molecular weight is 313 g/mol. The first-order chi connectivity index (χ1) is 10.6. The Labute approximate surface area is 132 Å². The van der Waals surface area contributed by atoms with Crippen molar-refractivity contribution in [1.29, 1.82) is 0 Å². The van der Waals surface area contributed by atoms with Crippen LogP contribution in [0.1, 0.15) is 20.8 Å². The van der Waals surface area contributed by atoms with E-state index in [1.54, 1.807) is 58.8 Å². The fourth-order valence-electron chi connectivity index (χ4n) is 2.06. The highest BCUT2D eigenvalue weighted by Crippen LogP contribution is 2.18. The highest BCUT2D eigenvalue weighted by molar-refractivity contribution is 7.10. The van der Waals surface area contributed by atoms with E-state index >= 15 is 0 Å². The smallest absolute Gasteiger partial charge is 0.255 e. The largest absolute Gasteiger partial charge is 0.337 e. The molecule has 7 heteroatoms. The zero-order chi connectivity index (χ0) is 15.5. The molecule has 3 aromatic heterocycles. The molecule has 3 aromatic rings. The van der Waals surface area contributed by atoms with Gasteiger partial charge in [-0.3, -0.25) is 9.36 Å². The molecule has 112 valence electrons. The van der Waals surface area contributed by atoms with Crippen molar-refractivity contribution in [2.24, 2.45) is 0 Å². The molecule has 22 heavy (non-hydrogen) atoms. The molecule has 0 bridgehead atoms. The number of rotatable bonds is 4. The zero-order valence-corrected chi connectivity index (χ0v) is 13.1. The van der Waals surface area contributed by atoms with Crippen LogP contribution in [0.15, 0.2) is 42.4 Å². The molecule has 0 atom stereocenters. The van der Waals surface area contributed by atoms with Gasteiger partial charge in [-0.15, -0.1) is 21.5 Å². The summed E-state index contributed by atoms with van der Waals surface area (Å²) in [4.78, 5) is 19.6. The van der Waals surface area contributed by atoms with E-state index in [0.717, 1.165) is 0 Å². The summed E-state index contributed by atoms with van der Waals surface area (Å²) in [5, 5.41) is 9.51. The molecule has 0 N–H and O–H groups in total. The van der Waals surface area contributed by atoms with Crippen molar-refractivity contribution in [2.75, 3.05) is 7.05 Å². The zero-order valence-electron chi connectivity index (χ0n) is 12.3. The van der Waals surface area contributed by atoms with E-state index in [9.17, 15) is 4.79 Å². The Morgan fingerprint density at radius 2 is 2.05 bits per heavy atom. The van der Waals surface area contributed by atoms with Crippen LogP contribution in [0.2, 0.25) is 0 Å². The predicted octanol–water partition coefficient (Wildman–Crippen LogP) is 2.30. The molecule has 1 amide bonds. The van der Waals surface area contributed by atoms with Gasteiger partial charge in [-0.2, -0.15) is 0 Å². The molecule has 0 saturated carbocycles. The minimum Gasteiger partial charge on any atom is -0.337 e. The number of thiophene rings is 1. The first-order valence-corrected chi connectivity index (χ1v) is 7.62. The summed E-state index contributed by atoms with van der Waals surface area (Å²) in [5.41, 5.74) is 1.78. The standard InChI is InChI=1S/C15H15N5OS/c1-11-5-6-22-13(11)8-19(2)15(21)12-3-4-14(16-7-12)20-9-17-18-10-20/h3-7,9-10H,8H2,1-2H3. The molecule has 0 saturated heterocycles. The van der Waals surface area contributed by atoms with Crippen LogP contribution >= 0.6 is 11.3 Å². The van der Waals surface area contributed by atoms with Gasteiger partial charge in [0.2, 0.25) is 0 Å². The lowest BCUT2D eigenvalue weighted by Crippen LogP contribution is -2.26. The third kappa shape index (κ3) is 2.89. The number of nitrogens with zero attached hydrogens (tertiary/aromatic N) is 5. The molecule has 0 aromatic carbocycles. The van der Waals surface area contributed by atoms with Crippen molar-refractivity contribution in [1.82, 2.24) is 24.6 Å². The van der Waals surface area contributed by atoms with Gasteiger partial charge in [0.1, 0.15) is 18.5 Å². The number of aryl methyl sites for hydroxylation is 1. The molecule has 3 rings (SSSR count). The van der Waals surface area contributed by atoms with E-state index in [1.807, 2.05) is 5.38 Å². The Morgan fingerprint density at radius 3 is 2.64 bits per heavy atom. The number of hydrogen-bond acceptors (Lipinski definition) is 5. The summed E-state index contributed by atoms with van der Waals surface area (Å²) >= 11 is 1.66. The lowest BCUT2D eigenvalue weighted by Gasteiger charge is -2.17. The van der Waals surface area contributed by atoms with Crippen LogP contribution in [0, 0.1) is 6.92 Å². The van der Waals surface area contributed by atoms with E-state index in [1.165, 1.54) is 10.4 Å². The number of carbonyl (C=O) groups excluding carboxylic acids is 1. The molecule has 0 spiro atoms. The number of carbonyl (C=O) groups is 1. The molecule has 0 radical (unpaired) electrons. The van der Waals surface area contributed by atoms with Gasteiger partial charge in [-0.05, 0) is 36.1 Å². The second-order valence-electron chi connectivity index (χ2n) is 4.96. The van der Waals surface area contributed by atoms with Crippen molar-refractivity contribution in [2.45, 2.75) is 13.5 Å². The molecular weight excluding hydrogens is 298 g/mol. The Hall–Kier alpha value is -2.54. The fraction of sp³-hybridized carbons (Fsp3) is 0.200. The molecule has 0 aliphatic heterocycles. The number of hydrogen-bond donors (Lipinski definition) is 0. The highest BCUT2D eigenvalue weighted by atomic mass is 32.1. The van der Waals surface area contributed by atoms with Crippen LogP contribution in [-0.2, 0) is 6.54 Å². The maximum atomic E-state index is 12.4. The second-order valence-corrected chi connectivity index (χ2v) is 5.96. The fourth-order valence-corrected chi connectivity index (χ4v) is 3.02. The monoisotopic (exact) mass is 313 g/mol. The van der Waals surface area contributed by atoms with Crippen LogP contribution in [-0.4, -0.2) is 37.6 Å². The quantitative estimate of drug-likeness (QED) is 0.741. The van der Waals surface area contributed by atoms with E-state index in [0.29, 0.717) is 17.9 Å². The Bertz CT molecular complexity index is 764. The van der Waals surface area contributed by atoms with Crippen molar-refractivity contribution < 1.29 is 4.79 Å². The summed E-state index contributed by atoms with van der Waals surface area (Å²) in [6.07, 6.45) is 4.71. The SMILES string of the molecule is Cc1ccsc1CN(C)C(=O)c1ccc(-n2cnnc2)nc1. The lowest BCUT2D eigenvalue weighted by atomic mass is 10.2. The van der Waals surface area contributed by atoms with Crippen molar-refractivity contribution >= 4 is 17.2 Å². The third-order valence-electron chi connectivity index (χ3n) is 3.37. The maximum absolute atomic E-state index is 12.4. The van der Waals surface area contributed by atoms with Gasteiger partial charge in [-0.25, -0.2) is 4.98 Å². The van der Waals surface area contributed by atoms with Crippen LogP contribution in [0.4, 0.5) is 0 Å². The molecular formula is C15H15N5OS. The van der Waals surface area contributed by atoms with Crippen LogP contribution in [0.25, 0.3) is 5.82 Å². The van der Waals surface area contributed by atoms with Crippen molar-refractivity contribution in [3.63, 3.8) is 0 Å². The molecule has 6 nitrogen and oxygen atoms in total. The Balaban J connectivity index is 1.73. The molecule has 0 aliphatic rings. The van der Waals surface area contributed by atoms with E-state index in [2.05, 4.69) is 28.2 Å². The summed E-state index contributed by atoms with van der Waals surface area (Å²) < 4.78 is 1.69. The van der Waals surface area contributed by atoms with Gasteiger partial charge in [0.15, 0.2) is 0 Å². The van der Waals surface area contributed by atoms with Crippen LogP contribution < -0.4 is 0 Å². The maximum Gasteiger partial charge on any atom is 0.255 e. The van der Waals surface area contributed by atoms with Gasteiger partial charge < -0.3 is 4.90 Å². The summed E-state index contributed by atoms with van der Waals surface area (Å²) in [5.74, 6) is 0.633. The van der Waals surface area contributed by atoms with Crippen molar-refractivity contribution in [3.8, 4) is 5.82 Å². The number of aromatic nitrogens is 4. The topological polar surface area (TPSA) is 63.9 Å².